The lowest BCUT2D eigenvalue weighted by Crippen LogP contribution is -2.51. The summed E-state index contributed by atoms with van der Waals surface area (Å²) in [5.41, 5.74) is 2.70. The predicted octanol–water partition coefficient (Wildman–Crippen LogP) is 2.35. The van der Waals surface area contributed by atoms with Crippen LogP contribution in [0.25, 0.3) is 0 Å². The van der Waals surface area contributed by atoms with Gasteiger partial charge >= 0.3 is 6.03 Å². The second-order valence-electron chi connectivity index (χ2n) is 7.73. The zero-order valence-electron chi connectivity index (χ0n) is 15.6. The SMILES string of the molecule is Cc1cccc(CN2CCC(NC(=O)NC3CCN(C)CC3)CC2)c1. The van der Waals surface area contributed by atoms with Gasteiger partial charge in [0.05, 0.1) is 0 Å². The highest BCUT2D eigenvalue weighted by molar-refractivity contribution is 5.74. The van der Waals surface area contributed by atoms with Crippen molar-refractivity contribution in [1.82, 2.24) is 20.4 Å². The van der Waals surface area contributed by atoms with Gasteiger partial charge in [-0.05, 0) is 58.3 Å². The molecule has 0 saturated carbocycles. The number of urea groups is 1. The number of rotatable bonds is 4. The van der Waals surface area contributed by atoms with E-state index in [1.54, 1.807) is 0 Å². The molecule has 2 saturated heterocycles. The third-order valence-electron chi connectivity index (χ3n) is 5.47. The van der Waals surface area contributed by atoms with E-state index in [4.69, 9.17) is 0 Å². The van der Waals surface area contributed by atoms with E-state index < -0.39 is 0 Å². The summed E-state index contributed by atoms with van der Waals surface area (Å²) in [6.07, 6.45) is 4.18. The molecule has 1 aromatic carbocycles. The van der Waals surface area contributed by atoms with Crippen LogP contribution in [0.3, 0.4) is 0 Å². The number of hydrogen-bond donors (Lipinski definition) is 2. The molecule has 0 aromatic heterocycles. The number of piperidine rings is 2. The van der Waals surface area contributed by atoms with Crippen molar-refractivity contribution in [2.75, 3.05) is 33.2 Å². The Morgan fingerprint density at radius 3 is 2.24 bits per heavy atom. The summed E-state index contributed by atoms with van der Waals surface area (Å²) in [6, 6.07) is 9.39. The quantitative estimate of drug-likeness (QED) is 0.881. The van der Waals surface area contributed by atoms with Gasteiger partial charge in [0.15, 0.2) is 0 Å². The first-order valence-electron chi connectivity index (χ1n) is 9.62. The zero-order chi connectivity index (χ0) is 17.6. The maximum absolute atomic E-state index is 12.2. The van der Waals surface area contributed by atoms with Crippen LogP contribution in [-0.2, 0) is 6.54 Å². The van der Waals surface area contributed by atoms with Crippen molar-refractivity contribution in [2.45, 2.75) is 51.2 Å². The van der Waals surface area contributed by atoms with Gasteiger partial charge in [-0.3, -0.25) is 4.90 Å². The first-order chi connectivity index (χ1) is 12.1. The summed E-state index contributed by atoms with van der Waals surface area (Å²) in [5.74, 6) is 0. The number of nitrogens with one attached hydrogen (secondary N) is 2. The van der Waals surface area contributed by atoms with Gasteiger partial charge in [-0.15, -0.1) is 0 Å². The molecule has 138 valence electrons. The van der Waals surface area contributed by atoms with Crippen LogP contribution in [0.1, 0.15) is 36.8 Å². The molecule has 2 amide bonds. The third kappa shape index (κ3) is 5.72. The van der Waals surface area contributed by atoms with Crippen LogP contribution in [-0.4, -0.2) is 61.1 Å². The van der Waals surface area contributed by atoms with Gasteiger partial charge in [0.2, 0.25) is 0 Å². The first-order valence-corrected chi connectivity index (χ1v) is 9.62. The average Bonchev–Trinajstić information content (AvgIpc) is 2.59. The van der Waals surface area contributed by atoms with E-state index in [9.17, 15) is 4.79 Å². The molecule has 2 heterocycles. The summed E-state index contributed by atoms with van der Waals surface area (Å²) < 4.78 is 0. The molecular weight excluding hydrogens is 312 g/mol. The average molecular weight is 345 g/mol. The molecule has 2 fully saturated rings. The normalized spacial score (nSPS) is 21.2. The monoisotopic (exact) mass is 344 g/mol. The van der Waals surface area contributed by atoms with Gasteiger partial charge in [0.1, 0.15) is 0 Å². The second kappa shape index (κ2) is 8.68. The Kier molecular flexibility index (Phi) is 6.32. The molecule has 3 rings (SSSR count). The molecule has 2 N–H and O–H groups in total. The van der Waals surface area contributed by atoms with Crippen LogP contribution in [0, 0.1) is 6.92 Å². The Morgan fingerprint density at radius 2 is 1.64 bits per heavy atom. The minimum atomic E-state index is 0.0201. The fraction of sp³-hybridized carbons (Fsp3) is 0.650. The van der Waals surface area contributed by atoms with Crippen molar-refractivity contribution in [3.05, 3.63) is 35.4 Å². The highest BCUT2D eigenvalue weighted by Gasteiger charge is 2.23. The van der Waals surface area contributed by atoms with Gasteiger partial charge in [-0.2, -0.15) is 0 Å². The molecule has 0 spiro atoms. The summed E-state index contributed by atoms with van der Waals surface area (Å²) in [5, 5.41) is 6.33. The van der Waals surface area contributed by atoms with Crippen LogP contribution < -0.4 is 10.6 Å². The molecule has 0 bridgehead atoms. The molecule has 0 atom stereocenters. The van der Waals surface area contributed by atoms with Crippen molar-refractivity contribution in [3.8, 4) is 0 Å². The Labute approximate surface area is 151 Å². The van der Waals surface area contributed by atoms with E-state index in [2.05, 4.69) is 58.7 Å². The summed E-state index contributed by atoms with van der Waals surface area (Å²) in [4.78, 5) is 17.0. The molecule has 25 heavy (non-hydrogen) atoms. The van der Waals surface area contributed by atoms with E-state index in [0.29, 0.717) is 12.1 Å². The number of hydrogen-bond acceptors (Lipinski definition) is 3. The fourth-order valence-corrected chi connectivity index (χ4v) is 3.87. The lowest BCUT2D eigenvalue weighted by Gasteiger charge is -2.33. The standard InChI is InChI=1S/C20H32N4O/c1-16-4-3-5-17(14-16)15-24-12-8-19(9-13-24)22-20(25)21-18-6-10-23(2)11-7-18/h3-5,14,18-19H,6-13,15H2,1-2H3,(H2,21,22,25). The third-order valence-corrected chi connectivity index (χ3v) is 5.47. The predicted molar refractivity (Wildman–Crippen MR) is 102 cm³/mol. The lowest BCUT2D eigenvalue weighted by atomic mass is 10.0. The second-order valence-corrected chi connectivity index (χ2v) is 7.73. The highest BCUT2D eigenvalue weighted by atomic mass is 16.2. The van der Waals surface area contributed by atoms with Crippen LogP contribution >= 0.6 is 0 Å². The highest BCUT2D eigenvalue weighted by Crippen LogP contribution is 2.15. The van der Waals surface area contributed by atoms with E-state index >= 15 is 0 Å². The van der Waals surface area contributed by atoms with Crippen molar-refractivity contribution >= 4 is 6.03 Å². The van der Waals surface area contributed by atoms with Gasteiger partial charge < -0.3 is 15.5 Å². The largest absolute Gasteiger partial charge is 0.335 e. The molecular formula is C20H32N4O. The van der Waals surface area contributed by atoms with E-state index in [1.165, 1.54) is 11.1 Å². The van der Waals surface area contributed by atoms with E-state index in [-0.39, 0.29) is 6.03 Å². The number of nitrogens with zero attached hydrogens (tertiary/aromatic N) is 2. The number of amides is 2. The van der Waals surface area contributed by atoms with Crippen LogP contribution in [0.5, 0.6) is 0 Å². The molecule has 1 aromatic rings. The van der Waals surface area contributed by atoms with Gasteiger partial charge in [0, 0.05) is 31.7 Å². The molecule has 2 aliphatic heterocycles. The van der Waals surface area contributed by atoms with Crippen LogP contribution in [0.4, 0.5) is 4.79 Å². The smallest absolute Gasteiger partial charge is 0.315 e. The van der Waals surface area contributed by atoms with E-state index in [0.717, 1.165) is 58.4 Å². The first kappa shape index (κ1) is 18.2. The number of likely N-dealkylation sites (tertiary alicyclic amines) is 2. The topological polar surface area (TPSA) is 47.6 Å². The molecule has 5 heteroatoms. The minimum absolute atomic E-state index is 0.0201. The zero-order valence-corrected chi connectivity index (χ0v) is 15.6. The summed E-state index contributed by atoms with van der Waals surface area (Å²) >= 11 is 0. The number of carbonyl (C=O) groups excluding carboxylic acids is 1. The maximum Gasteiger partial charge on any atom is 0.315 e. The number of aryl methyl sites for hydroxylation is 1. The van der Waals surface area contributed by atoms with Crippen molar-refractivity contribution in [1.29, 1.82) is 0 Å². The Hall–Kier alpha value is -1.59. The summed E-state index contributed by atoms with van der Waals surface area (Å²) in [6.45, 7) is 7.39. The molecule has 0 unspecified atom stereocenters. The van der Waals surface area contributed by atoms with Crippen molar-refractivity contribution < 1.29 is 4.79 Å². The number of benzene rings is 1. The Bertz CT molecular complexity index is 561. The Morgan fingerprint density at radius 1 is 1.04 bits per heavy atom. The van der Waals surface area contributed by atoms with Crippen LogP contribution in [0.15, 0.2) is 24.3 Å². The maximum atomic E-state index is 12.2. The molecule has 0 aliphatic carbocycles. The summed E-state index contributed by atoms with van der Waals surface area (Å²) in [7, 11) is 2.14. The van der Waals surface area contributed by atoms with E-state index in [1.807, 2.05) is 0 Å². The molecule has 5 nitrogen and oxygen atoms in total. The number of carbonyl (C=O) groups is 1. The van der Waals surface area contributed by atoms with Crippen LogP contribution in [0.2, 0.25) is 0 Å². The molecule has 2 aliphatic rings. The molecule has 0 radical (unpaired) electrons. The fourth-order valence-electron chi connectivity index (χ4n) is 3.87. The van der Waals surface area contributed by atoms with Crippen molar-refractivity contribution in [3.63, 3.8) is 0 Å². The van der Waals surface area contributed by atoms with Gasteiger partial charge in [-0.25, -0.2) is 4.79 Å². The van der Waals surface area contributed by atoms with Gasteiger partial charge in [0.25, 0.3) is 0 Å². The van der Waals surface area contributed by atoms with Gasteiger partial charge in [-0.1, -0.05) is 29.8 Å². The van der Waals surface area contributed by atoms with Crippen molar-refractivity contribution in [2.24, 2.45) is 0 Å². The lowest BCUT2D eigenvalue weighted by molar-refractivity contribution is 0.181. The Balaban J connectivity index is 1.36. The minimum Gasteiger partial charge on any atom is -0.335 e.